The van der Waals surface area contributed by atoms with E-state index in [-0.39, 0.29) is 11.9 Å². The molecule has 0 amide bonds. The van der Waals surface area contributed by atoms with Crippen LogP contribution in [0.1, 0.15) is 5.56 Å². The first-order valence-electron chi connectivity index (χ1n) is 4.22. The molecule has 4 heteroatoms. The number of aryl methyl sites for hydroxylation is 1. The SMILES string of the molecule is Cc1ccnc(N2CC(O)C2)c1F. The lowest BCUT2D eigenvalue weighted by Gasteiger charge is -2.37. The number of anilines is 1. The van der Waals surface area contributed by atoms with Gasteiger partial charge in [0.15, 0.2) is 11.6 Å². The standard InChI is InChI=1S/C9H11FN2O/c1-6-2-3-11-9(8(6)10)12-4-7(13)5-12/h2-3,7,13H,4-5H2,1H3. The average Bonchev–Trinajstić information content (AvgIpc) is 2.05. The first-order chi connectivity index (χ1) is 6.18. The molecular weight excluding hydrogens is 171 g/mol. The highest BCUT2D eigenvalue weighted by Crippen LogP contribution is 2.23. The first-order valence-corrected chi connectivity index (χ1v) is 4.22. The highest BCUT2D eigenvalue weighted by molar-refractivity contribution is 5.45. The Kier molecular flexibility index (Phi) is 1.92. The van der Waals surface area contributed by atoms with E-state index in [0.29, 0.717) is 24.5 Å². The minimum absolute atomic E-state index is 0.283. The number of halogens is 1. The number of rotatable bonds is 1. The Morgan fingerprint density at radius 1 is 1.62 bits per heavy atom. The summed E-state index contributed by atoms with van der Waals surface area (Å²) in [6.45, 7) is 2.66. The van der Waals surface area contributed by atoms with Gasteiger partial charge in [-0.05, 0) is 18.6 Å². The van der Waals surface area contributed by atoms with Gasteiger partial charge < -0.3 is 10.0 Å². The highest BCUT2D eigenvalue weighted by atomic mass is 19.1. The van der Waals surface area contributed by atoms with Crippen molar-refractivity contribution in [1.82, 2.24) is 4.98 Å². The molecule has 2 rings (SSSR count). The molecule has 1 N–H and O–H groups in total. The molecule has 0 radical (unpaired) electrons. The second-order valence-electron chi connectivity index (χ2n) is 3.32. The largest absolute Gasteiger partial charge is 0.389 e. The number of nitrogens with zero attached hydrogens (tertiary/aromatic N) is 2. The van der Waals surface area contributed by atoms with E-state index < -0.39 is 0 Å². The van der Waals surface area contributed by atoms with Crippen molar-refractivity contribution < 1.29 is 9.50 Å². The van der Waals surface area contributed by atoms with Crippen LogP contribution in [0, 0.1) is 12.7 Å². The third-order valence-corrected chi connectivity index (χ3v) is 2.23. The molecule has 1 aromatic heterocycles. The summed E-state index contributed by atoms with van der Waals surface area (Å²) < 4.78 is 13.4. The number of aliphatic hydroxyl groups is 1. The van der Waals surface area contributed by atoms with Crippen molar-refractivity contribution in [3.8, 4) is 0 Å². The number of hydrogen-bond donors (Lipinski definition) is 1. The molecule has 0 aliphatic carbocycles. The minimum Gasteiger partial charge on any atom is -0.389 e. The van der Waals surface area contributed by atoms with E-state index in [4.69, 9.17) is 5.11 Å². The summed E-state index contributed by atoms with van der Waals surface area (Å²) in [7, 11) is 0. The zero-order valence-corrected chi connectivity index (χ0v) is 7.37. The van der Waals surface area contributed by atoms with Gasteiger partial charge in [0.25, 0.3) is 0 Å². The maximum Gasteiger partial charge on any atom is 0.168 e. The van der Waals surface area contributed by atoms with E-state index >= 15 is 0 Å². The number of β-amino-alcohol motifs (C(OH)–C–C–N with tert-alkyl or cyclic N) is 1. The fraction of sp³-hybridized carbons (Fsp3) is 0.444. The van der Waals surface area contributed by atoms with Gasteiger partial charge >= 0.3 is 0 Å². The zero-order valence-electron chi connectivity index (χ0n) is 7.37. The average molecular weight is 182 g/mol. The van der Waals surface area contributed by atoms with Crippen molar-refractivity contribution in [1.29, 1.82) is 0 Å². The third kappa shape index (κ3) is 1.37. The predicted octanol–water partition coefficient (Wildman–Crippen LogP) is 0.710. The van der Waals surface area contributed by atoms with Gasteiger partial charge in [-0.1, -0.05) is 0 Å². The molecule has 1 saturated heterocycles. The lowest BCUT2D eigenvalue weighted by atomic mass is 10.1. The van der Waals surface area contributed by atoms with Crippen LogP contribution in [0.4, 0.5) is 10.2 Å². The van der Waals surface area contributed by atoms with Crippen LogP contribution in [-0.2, 0) is 0 Å². The fourth-order valence-corrected chi connectivity index (χ4v) is 1.37. The maximum atomic E-state index is 13.4. The van der Waals surface area contributed by atoms with Gasteiger partial charge in [-0.15, -0.1) is 0 Å². The zero-order chi connectivity index (χ0) is 9.42. The molecule has 70 valence electrons. The topological polar surface area (TPSA) is 36.4 Å². The number of pyridine rings is 1. The molecule has 0 spiro atoms. The van der Waals surface area contributed by atoms with Crippen LogP contribution in [0.2, 0.25) is 0 Å². The van der Waals surface area contributed by atoms with Crippen molar-refractivity contribution in [3.05, 3.63) is 23.6 Å². The van der Waals surface area contributed by atoms with Crippen LogP contribution in [-0.4, -0.2) is 29.3 Å². The molecule has 0 unspecified atom stereocenters. The van der Waals surface area contributed by atoms with Gasteiger partial charge in [-0.25, -0.2) is 9.37 Å². The summed E-state index contributed by atoms with van der Waals surface area (Å²) in [6, 6.07) is 1.63. The van der Waals surface area contributed by atoms with Crippen LogP contribution in [0.15, 0.2) is 12.3 Å². The fourth-order valence-electron chi connectivity index (χ4n) is 1.37. The van der Waals surface area contributed by atoms with E-state index in [9.17, 15) is 4.39 Å². The second-order valence-corrected chi connectivity index (χ2v) is 3.32. The Morgan fingerprint density at radius 2 is 2.31 bits per heavy atom. The normalized spacial score (nSPS) is 17.3. The summed E-state index contributed by atoms with van der Waals surface area (Å²) >= 11 is 0. The molecule has 0 saturated carbocycles. The van der Waals surface area contributed by atoms with Crippen LogP contribution in [0.25, 0.3) is 0 Å². The second kappa shape index (κ2) is 2.96. The summed E-state index contributed by atoms with van der Waals surface area (Å²) in [5, 5.41) is 9.05. The Bertz CT molecular complexity index is 323. The van der Waals surface area contributed by atoms with Crippen LogP contribution in [0.5, 0.6) is 0 Å². The lowest BCUT2D eigenvalue weighted by molar-refractivity contribution is 0.140. The van der Waals surface area contributed by atoms with Crippen molar-refractivity contribution in [2.24, 2.45) is 0 Å². The van der Waals surface area contributed by atoms with Crippen LogP contribution in [0.3, 0.4) is 0 Å². The summed E-state index contributed by atoms with van der Waals surface area (Å²) in [5.41, 5.74) is 0.589. The molecule has 0 atom stereocenters. The molecule has 3 nitrogen and oxygen atoms in total. The number of aliphatic hydroxyl groups excluding tert-OH is 1. The molecular formula is C9H11FN2O. The summed E-state index contributed by atoms with van der Waals surface area (Å²) in [5.74, 6) is 0.0692. The Hall–Kier alpha value is -1.16. The monoisotopic (exact) mass is 182 g/mol. The van der Waals surface area contributed by atoms with E-state index in [2.05, 4.69) is 4.98 Å². The van der Waals surface area contributed by atoms with Gasteiger partial charge in [0.05, 0.1) is 6.10 Å². The molecule has 0 aromatic carbocycles. The quantitative estimate of drug-likeness (QED) is 0.695. The van der Waals surface area contributed by atoms with E-state index in [0.717, 1.165) is 0 Å². The molecule has 1 fully saturated rings. The van der Waals surface area contributed by atoms with Crippen LogP contribution >= 0.6 is 0 Å². The minimum atomic E-state index is -0.332. The Balaban J connectivity index is 2.26. The van der Waals surface area contributed by atoms with Gasteiger partial charge in [-0.3, -0.25) is 0 Å². The molecule has 13 heavy (non-hydrogen) atoms. The summed E-state index contributed by atoms with van der Waals surface area (Å²) in [4.78, 5) is 5.66. The number of hydrogen-bond acceptors (Lipinski definition) is 3. The van der Waals surface area contributed by atoms with Gasteiger partial charge in [-0.2, -0.15) is 0 Å². The third-order valence-electron chi connectivity index (χ3n) is 2.23. The Morgan fingerprint density at radius 3 is 2.92 bits per heavy atom. The molecule has 1 aliphatic heterocycles. The molecule has 1 aromatic rings. The van der Waals surface area contributed by atoms with Crippen LogP contribution < -0.4 is 4.90 Å². The molecule has 0 bridgehead atoms. The van der Waals surface area contributed by atoms with Crippen molar-refractivity contribution >= 4 is 5.82 Å². The van der Waals surface area contributed by atoms with Gasteiger partial charge in [0, 0.05) is 19.3 Å². The smallest absolute Gasteiger partial charge is 0.168 e. The first kappa shape index (κ1) is 8.44. The van der Waals surface area contributed by atoms with Crippen molar-refractivity contribution in [2.75, 3.05) is 18.0 Å². The lowest BCUT2D eigenvalue weighted by Crippen LogP contribution is -2.51. The summed E-state index contributed by atoms with van der Waals surface area (Å²) in [6.07, 6.45) is 1.25. The van der Waals surface area contributed by atoms with E-state index in [1.54, 1.807) is 24.1 Å². The van der Waals surface area contributed by atoms with Gasteiger partial charge in [0.2, 0.25) is 0 Å². The van der Waals surface area contributed by atoms with Gasteiger partial charge in [0.1, 0.15) is 0 Å². The molecule has 2 heterocycles. The maximum absolute atomic E-state index is 13.4. The van der Waals surface area contributed by atoms with E-state index in [1.807, 2.05) is 0 Å². The van der Waals surface area contributed by atoms with Crippen molar-refractivity contribution in [2.45, 2.75) is 13.0 Å². The van der Waals surface area contributed by atoms with Crippen molar-refractivity contribution in [3.63, 3.8) is 0 Å². The van der Waals surface area contributed by atoms with E-state index in [1.165, 1.54) is 0 Å². The Labute approximate surface area is 75.8 Å². The molecule has 1 aliphatic rings. The number of aromatic nitrogens is 1. The predicted molar refractivity (Wildman–Crippen MR) is 47.2 cm³/mol. The highest BCUT2D eigenvalue weighted by Gasteiger charge is 2.27.